The van der Waals surface area contributed by atoms with Gasteiger partial charge >= 0.3 is 0 Å². The summed E-state index contributed by atoms with van der Waals surface area (Å²) in [6, 6.07) is 5.88. The lowest BCUT2D eigenvalue weighted by atomic mass is 10.2. The molecule has 0 aliphatic carbocycles. The molecule has 2 heterocycles. The Hall–Kier alpha value is -2.01. The Morgan fingerprint density at radius 1 is 1.26 bits per heavy atom. The maximum atomic E-state index is 5.41. The van der Waals surface area contributed by atoms with Crippen molar-refractivity contribution in [1.29, 1.82) is 0 Å². The van der Waals surface area contributed by atoms with Crippen molar-refractivity contribution >= 4 is 0 Å². The highest BCUT2D eigenvalue weighted by Crippen LogP contribution is 2.34. The van der Waals surface area contributed by atoms with Gasteiger partial charge in [0.2, 0.25) is 6.79 Å². The quantitative estimate of drug-likeness (QED) is 0.915. The number of rotatable bonds is 3. The van der Waals surface area contributed by atoms with Gasteiger partial charge < -0.3 is 14.8 Å². The molecule has 1 N–H and O–H groups in total. The van der Waals surface area contributed by atoms with Crippen LogP contribution in [0, 0.1) is 13.8 Å². The largest absolute Gasteiger partial charge is 0.454 e. The van der Waals surface area contributed by atoms with Crippen molar-refractivity contribution in [3.05, 3.63) is 35.2 Å². The van der Waals surface area contributed by atoms with Crippen molar-refractivity contribution in [2.45, 2.75) is 20.4 Å². The van der Waals surface area contributed by atoms with Crippen LogP contribution in [0.1, 0.15) is 17.0 Å². The monoisotopic (exact) mass is 259 g/mol. The zero-order valence-electron chi connectivity index (χ0n) is 11.4. The first-order valence-electron chi connectivity index (χ1n) is 6.30. The van der Waals surface area contributed by atoms with Gasteiger partial charge in [0.1, 0.15) is 0 Å². The van der Waals surface area contributed by atoms with Crippen LogP contribution in [0.25, 0.3) is 5.69 Å². The van der Waals surface area contributed by atoms with E-state index in [0.717, 1.165) is 35.1 Å². The molecule has 0 fully saturated rings. The van der Waals surface area contributed by atoms with E-state index in [1.165, 1.54) is 5.56 Å². The van der Waals surface area contributed by atoms with Gasteiger partial charge in [0.15, 0.2) is 11.5 Å². The zero-order valence-corrected chi connectivity index (χ0v) is 11.4. The lowest BCUT2D eigenvalue weighted by Crippen LogP contribution is -2.07. The van der Waals surface area contributed by atoms with Crippen LogP contribution in [0.4, 0.5) is 0 Å². The molecule has 19 heavy (non-hydrogen) atoms. The van der Waals surface area contributed by atoms with Crippen LogP contribution in [-0.2, 0) is 6.54 Å². The second-order valence-electron chi connectivity index (χ2n) is 4.63. The van der Waals surface area contributed by atoms with Crippen LogP contribution >= 0.6 is 0 Å². The Labute approximate surface area is 112 Å². The fraction of sp³-hybridized carbons (Fsp3) is 0.357. The van der Waals surface area contributed by atoms with Crippen LogP contribution < -0.4 is 14.8 Å². The minimum Gasteiger partial charge on any atom is -0.454 e. The van der Waals surface area contributed by atoms with Crippen LogP contribution in [0.2, 0.25) is 0 Å². The van der Waals surface area contributed by atoms with Gasteiger partial charge in [-0.15, -0.1) is 0 Å². The molecule has 0 bridgehead atoms. The van der Waals surface area contributed by atoms with E-state index < -0.39 is 0 Å². The summed E-state index contributed by atoms with van der Waals surface area (Å²) in [5.74, 6) is 1.57. The molecule has 0 unspecified atom stereocenters. The van der Waals surface area contributed by atoms with Gasteiger partial charge in [0.25, 0.3) is 0 Å². The van der Waals surface area contributed by atoms with Gasteiger partial charge in [0.05, 0.1) is 11.4 Å². The Morgan fingerprint density at radius 3 is 2.84 bits per heavy atom. The first-order chi connectivity index (χ1) is 9.20. The highest BCUT2D eigenvalue weighted by Gasteiger charge is 2.17. The predicted molar refractivity (Wildman–Crippen MR) is 71.9 cm³/mol. The van der Waals surface area contributed by atoms with Gasteiger partial charge in [-0.2, -0.15) is 5.10 Å². The van der Waals surface area contributed by atoms with Crippen LogP contribution in [0.15, 0.2) is 18.2 Å². The number of hydrogen-bond acceptors (Lipinski definition) is 4. The number of nitrogens with zero attached hydrogens (tertiary/aromatic N) is 2. The van der Waals surface area contributed by atoms with E-state index in [1.54, 1.807) is 0 Å². The van der Waals surface area contributed by atoms with Gasteiger partial charge in [-0.1, -0.05) is 0 Å². The Morgan fingerprint density at radius 2 is 2.05 bits per heavy atom. The summed E-state index contributed by atoms with van der Waals surface area (Å²) in [4.78, 5) is 0. The van der Waals surface area contributed by atoms with Gasteiger partial charge in [0, 0.05) is 23.9 Å². The van der Waals surface area contributed by atoms with Crippen molar-refractivity contribution in [3.8, 4) is 17.2 Å². The maximum absolute atomic E-state index is 5.41. The number of nitrogens with one attached hydrogen (secondary N) is 1. The predicted octanol–water partition coefficient (Wildman–Crippen LogP) is 1.94. The summed E-state index contributed by atoms with van der Waals surface area (Å²) in [5, 5.41) is 7.78. The molecule has 1 aliphatic rings. The molecule has 5 nitrogen and oxygen atoms in total. The standard InChI is InChI=1S/C14H17N3O2/c1-9-12(7-15-3)10(2)17(16-9)11-4-5-13-14(6-11)19-8-18-13/h4-6,15H,7-8H2,1-3H3. The Kier molecular flexibility index (Phi) is 2.91. The Bertz CT molecular complexity index is 619. The average molecular weight is 259 g/mol. The van der Waals surface area contributed by atoms with Crippen molar-refractivity contribution in [1.82, 2.24) is 15.1 Å². The molecule has 1 aliphatic heterocycles. The SMILES string of the molecule is CNCc1c(C)nn(-c2ccc3c(c2)OCO3)c1C. The van der Waals surface area contributed by atoms with E-state index in [-0.39, 0.29) is 0 Å². The van der Waals surface area contributed by atoms with E-state index >= 15 is 0 Å². The summed E-state index contributed by atoms with van der Waals surface area (Å²) >= 11 is 0. The van der Waals surface area contributed by atoms with Crippen LogP contribution in [0.3, 0.4) is 0 Å². The first kappa shape index (κ1) is 12.0. The molecule has 0 saturated heterocycles. The molecule has 2 aromatic rings. The molecule has 1 aromatic carbocycles. The molecular weight excluding hydrogens is 242 g/mol. The number of aromatic nitrogens is 2. The molecule has 3 rings (SSSR count). The van der Waals surface area contributed by atoms with E-state index in [0.29, 0.717) is 6.79 Å². The molecule has 0 radical (unpaired) electrons. The third-order valence-electron chi connectivity index (χ3n) is 3.40. The molecule has 5 heteroatoms. The lowest BCUT2D eigenvalue weighted by molar-refractivity contribution is 0.174. The molecule has 0 saturated carbocycles. The maximum Gasteiger partial charge on any atom is 0.231 e. The molecule has 0 amide bonds. The summed E-state index contributed by atoms with van der Waals surface area (Å²) in [6.07, 6.45) is 0. The molecule has 0 atom stereocenters. The molecule has 1 aromatic heterocycles. The third kappa shape index (κ3) is 1.96. The topological polar surface area (TPSA) is 48.3 Å². The highest BCUT2D eigenvalue weighted by molar-refractivity contribution is 5.50. The second kappa shape index (κ2) is 4.59. The van der Waals surface area contributed by atoms with Crippen LogP contribution in [0.5, 0.6) is 11.5 Å². The molecular formula is C14H17N3O2. The average Bonchev–Trinajstić information content (AvgIpc) is 2.97. The summed E-state index contributed by atoms with van der Waals surface area (Å²) in [7, 11) is 1.94. The van der Waals surface area contributed by atoms with Gasteiger partial charge in [-0.25, -0.2) is 4.68 Å². The van der Waals surface area contributed by atoms with E-state index in [9.17, 15) is 0 Å². The van der Waals surface area contributed by atoms with Crippen molar-refractivity contribution in [2.24, 2.45) is 0 Å². The molecule has 100 valence electrons. The number of benzene rings is 1. The lowest BCUT2D eigenvalue weighted by Gasteiger charge is -2.06. The normalized spacial score (nSPS) is 13.0. The summed E-state index contributed by atoms with van der Waals surface area (Å²) < 4.78 is 12.7. The van der Waals surface area contributed by atoms with E-state index in [1.807, 2.05) is 36.9 Å². The zero-order chi connectivity index (χ0) is 13.4. The number of hydrogen-bond donors (Lipinski definition) is 1. The van der Waals surface area contributed by atoms with Crippen molar-refractivity contribution < 1.29 is 9.47 Å². The van der Waals surface area contributed by atoms with E-state index in [2.05, 4.69) is 17.3 Å². The second-order valence-corrected chi connectivity index (χ2v) is 4.63. The minimum atomic E-state index is 0.293. The van der Waals surface area contributed by atoms with E-state index in [4.69, 9.17) is 9.47 Å². The highest BCUT2D eigenvalue weighted by atomic mass is 16.7. The smallest absolute Gasteiger partial charge is 0.231 e. The molecule has 0 spiro atoms. The van der Waals surface area contributed by atoms with Crippen LogP contribution in [-0.4, -0.2) is 23.6 Å². The summed E-state index contributed by atoms with van der Waals surface area (Å²) in [5.41, 5.74) is 4.42. The summed E-state index contributed by atoms with van der Waals surface area (Å²) in [6.45, 7) is 5.23. The van der Waals surface area contributed by atoms with Crippen molar-refractivity contribution in [2.75, 3.05) is 13.8 Å². The van der Waals surface area contributed by atoms with Gasteiger partial charge in [-0.05, 0) is 33.0 Å². The first-order valence-corrected chi connectivity index (χ1v) is 6.30. The number of fused-ring (bicyclic) bond motifs is 1. The Balaban J connectivity index is 2.05. The number of aryl methyl sites for hydroxylation is 1. The third-order valence-corrected chi connectivity index (χ3v) is 3.40. The number of ether oxygens (including phenoxy) is 2. The van der Waals surface area contributed by atoms with Gasteiger partial charge in [-0.3, -0.25) is 0 Å². The fourth-order valence-corrected chi connectivity index (χ4v) is 2.38. The minimum absolute atomic E-state index is 0.293. The van der Waals surface area contributed by atoms with Crippen molar-refractivity contribution in [3.63, 3.8) is 0 Å². The fourth-order valence-electron chi connectivity index (χ4n) is 2.38.